The van der Waals surface area contributed by atoms with Crippen molar-refractivity contribution in [2.45, 2.75) is 32.0 Å². The number of halogens is 3. The molecule has 2 heterocycles. The zero-order chi connectivity index (χ0) is 14.9. The first-order valence-corrected chi connectivity index (χ1v) is 7.30. The van der Waals surface area contributed by atoms with E-state index in [4.69, 9.17) is 0 Å². The van der Waals surface area contributed by atoms with Crippen LogP contribution in [0.5, 0.6) is 0 Å². The monoisotopic (exact) mass is 297 g/mol. The molecule has 0 saturated carbocycles. The topological polar surface area (TPSA) is 21.1 Å². The summed E-state index contributed by atoms with van der Waals surface area (Å²) in [6.45, 7) is 2.93. The van der Waals surface area contributed by atoms with Crippen molar-refractivity contribution >= 4 is 11.0 Å². The number of benzene rings is 1. The fraction of sp³-hybridized carbons (Fsp3) is 0.533. The van der Waals surface area contributed by atoms with E-state index in [0.29, 0.717) is 24.1 Å². The van der Waals surface area contributed by atoms with Crippen molar-refractivity contribution in [3.05, 3.63) is 30.1 Å². The van der Waals surface area contributed by atoms with Crippen molar-refractivity contribution in [2.75, 3.05) is 19.6 Å². The highest BCUT2D eigenvalue weighted by atomic mass is 19.4. The number of hydrogen-bond acceptors (Lipinski definition) is 2. The maximum absolute atomic E-state index is 13.2. The van der Waals surface area contributed by atoms with Crippen molar-refractivity contribution in [3.8, 4) is 0 Å². The Hall–Kier alpha value is -1.56. The molecule has 0 aliphatic carbocycles. The first kappa shape index (κ1) is 14.4. The molecule has 1 fully saturated rings. The molecule has 0 atom stereocenters. The standard InChI is InChI=1S/C15H18F3N3/c16-15(17,18)14-19-12-6-2-3-7-13(12)21(14)11-10-20-8-4-1-5-9-20/h2-3,6-7H,1,4-5,8-11H2. The fourth-order valence-corrected chi connectivity index (χ4v) is 2.94. The molecule has 0 radical (unpaired) electrons. The molecule has 0 spiro atoms. The van der Waals surface area contributed by atoms with Gasteiger partial charge in [-0.3, -0.25) is 0 Å². The van der Waals surface area contributed by atoms with Crippen molar-refractivity contribution in [3.63, 3.8) is 0 Å². The third-order valence-corrected chi connectivity index (χ3v) is 4.00. The first-order chi connectivity index (χ1) is 10.1. The molecule has 0 amide bonds. The number of para-hydroxylation sites is 2. The van der Waals surface area contributed by atoms with Crippen molar-refractivity contribution in [1.82, 2.24) is 14.5 Å². The average Bonchev–Trinajstić information content (AvgIpc) is 2.85. The SMILES string of the molecule is FC(F)(F)c1nc2ccccc2n1CCN1CCCCC1. The normalized spacial score (nSPS) is 17.5. The van der Waals surface area contributed by atoms with Gasteiger partial charge in [0, 0.05) is 13.1 Å². The number of rotatable bonds is 3. The van der Waals surface area contributed by atoms with Gasteiger partial charge in [-0.2, -0.15) is 13.2 Å². The Bertz CT molecular complexity index is 612. The summed E-state index contributed by atoms with van der Waals surface area (Å²) in [5.74, 6) is -0.791. The Morgan fingerprint density at radius 3 is 2.43 bits per heavy atom. The van der Waals surface area contributed by atoms with E-state index in [1.807, 2.05) is 0 Å². The minimum Gasteiger partial charge on any atom is -0.319 e. The Morgan fingerprint density at radius 1 is 1.00 bits per heavy atom. The molecular formula is C15H18F3N3. The van der Waals surface area contributed by atoms with E-state index in [9.17, 15) is 13.2 Å². The third kappa shape index (κ3) is 3.05. The van der Waals surface area contributed by atoms with Crippen LogP contribution in [0.3, 0.4) is 0 Å². The zero-order valence-corrected chi connectivity index (χ0v) is 11.7. The minimum atomic E-state index is -4.42. The van der Waals surface area contributed by atoms with Crippen LogP contribution in [0, 0.1) is 0 Å². The molecule has 0 N–H and O–H groups in total. The quantitative estimate of drug-likeness (QED) is 0.864. The third-order valence-electron chi connectivity index (χ3n) is 4.00. The van der Waals surface area contributed by atoms with Gasteiger partial charge in [0.2, 0.25) is 5.82 Å². The van der Waals surface area contributed by atoms with Crippen LogP contribution >= 0.6 is 0 Å². The van der Waals surface area contributed by atoms with Gasteiger partial charge < -0.3 is 9.47 Å². The van der Waals surface area contributed by atoms with Gasteiger partial charge in [-0.15, -0.1) is 0 Å². The molecule has 0 unspecified atom stereocenters. The van der Waals surface area contributed by atoms with E-state index in [1.54, 1.807) is 24.3 Å². The fourth-order valence-electron chi connectivity index (χ4n) is 2.94. The van der Waals surface area contributed by atoms with Crippen LogP contribution in [0.15, 0.2) is 24.3 Å². The van der Waals surface area contributed by atoms with Crippen molar-refractivity contribution in [2.24, 2.45) is 0 Å². The molecule has 3 nitrogen and oxygen atoms in total. The lowest BCUT2D eigenvalue weighted by Crippen LogP contribution is -2.33. The summed E-state index contributed by atoms with van der Waals surface area (Å²) in [5.41, 5.74) is 0.963. The van der Waals surface area contributed by atoms with Crippen molar-refractivity contribution < 1.29 is 13.2 Å². The van der Waals surface area contributed by atoms with E-state index in [-0.39, 0.29) is 0 Å². The van der Waals surface area contributed by atoms with Gasteiger partial charge in [0.1, 0.15) is 0 Å². The molecule has 1 aliphatic heterocycles. The minimum absolute atomic E-state index is 0.329. The predicted octanol–water partition coefficient (Wildman–Crippen LogP) is 3.54. The Morgan fingerprint density at radius 2 is 1.71 bits per heavy atom. The summed E-state index contributed by atoms with van der Waals surface area (Å²) >= 11 is 0. The molecule has 114 valence electrons. The Labute approximate surface area is 121 Å². The van der Waals surface area contributed by atoms with Gasteiger partial charge in [-0.05, 0) is 38.1 Å². The number of piperidine rings is 1. The molecule has 1 aromatic heterocycles. The number of imidazole rings is 1. The number of aromatic nitrogens is 2. The summed E-state index contributed by atoms with van der Waals surface area (Å²) in [5, 5.41) is 0. The van der Waals surface area contributed by atoms with Gasteiger partial charge >= 0.3 is 6.18 Å². The maximum atomic E-state index is 13.2. The number of fused-ring (bicyclic) bond motifs is 1. The molecule has 3 rings (SSSR count). The second-order valence-electron chi connectivity index (χ2n) is 5.48. The predicted molar refractivity (Wildman–Crippen MR) is 75.0 cm³/mol. The van der Waals surface area contributed by atoms with Gasteiger partial charge in [-0.25, -0.2) is 4.98 Å². The van der Waals surface area contributed by atoms with Crippen LogP contribution in [0.2, 0.25) is 0 Å². The average molecular weight is 297 g/mol. The van der Waals surface area contributed by atoms with Crippen molar-refractivity contribution in [1.29, 1.82) is 0 Å². The lowest BCUT2D eigenvalue weighted by molar-refractivity contribution is -0.147. The smallest absolute Gasteiger partial charge is 0.319 e. The van der Waals surface area contributed by atoms with Gasteiger partial charge in [-0.1, -0.05) is 18.6 Å². The summed E-state index contributed by atoms with van der Waals surface area (Å²) in [6.07, 6.45) is -0.924. The second-order valence-corrected chi connectivity index (χ2v) is 5.48. The zero-order valence-electron chi connectivity index (χ0n) is 11.7. The highest BCUT2D eigenvalue weighted by molar-refractivity contribution is 5.76. The molecule has 1 aliphatic rings. The summed E-state index contributed by atoms with van der Waals surface area (Å²) in [4.78, 5) is 6.00. The van der Waals surface area contributed by atoms with Gasteiger partial charge in [0.15, 0.2) is 0 Å². The summed E-state index contributed by atoms with van der Waals surface area (Å²) in [7, 11) is 0. The van der Waals surface area contributed by atoms with E-state index in [2.05, 4.69) is 9.88 Å². The van der Waals surface area contributed by atoms with Gasteiger partial charge in [0.25, 0.3) is 0 Å². The molecular weight excluding hydrogens is 279 g/mol. The Kier molecular flexibility index (Phi) is 3.89. The van der Waals surface area contributed by atoms with Gasteiger partial charge in [0.05, 0.1) is 11.0 Å². The summed E-state index contributed by atoms with van der Waals surface area (Å²) in [6, 6.07) is 6.79. The molecule has 2 aromatic rings. The Balaban J connectivity index is 1.88. The largest absolute Gasteiger partial charge is 0.449 e. The lowest BCUT2D eigenvalue weighted by atomic mass is 10.1. The molecule has 0 bridgehead atoms. The first-order valence-electron chi connectivity index (χ1n) is 7.30. The lowest BCUT2D eigenvalue weighted by Gasteiger charge is -2.26. The van der Waals surface area contributed by atoms with Crippen LogP contribution < -0.4 is 0 Å². The molecule has 21 heavy (non-hydrogen) atoms. The number of likely N-dealkylation sites (tertiary alicyclic amines) is 1. The number of nitrogens with zero attached hydrogens (tertiary/aromatic N) is 3. The van der Waals surface area contributed by atoms with Crippen LogP contribution in [0.25, 0.3) is 11.0 Å². The number of hydrogen-bond donors (Lipinski definition) is 0. The van der Waals surface area contributed by atoms with E-state index in [0.717, 1.165) is 25.9 Å². The highest BCUT2D eigenvalue weighted by Crippen LogP contribution is 2.31. The summed E-state index contributed by atoms with van der Waals surface area (Å²) < 4.78 is 40.8. The van der Waals surface area contributed by atoms with Crippen LogP contribution in [0.1, 0.15) is 25.1 Å². The van der Waals surface area contributed by atoms with E-state index < -0.39 is 12.0 Å². The van der Waals surface area contributed by atoms with E-state index >= 15 is 0 Å². The highest BCUT2D eigenvalue weighted by Gasteiger charge is 2.37. The van der Waals surface area contributed by atoms with Crippen LogP contribution in [-0.4, -0.2) is 34.1 Å². The van der Waals surface area contributed by atoms with E-state index in [1.165, 1.54) is 11.0 Å². The number of alkyl halides is 3. The molecule has 1 saturated heterocycles. The molecule has 6 heteroatoms. The maximum Gasteiger partial charge on any atom is 0.449 e. The van der Waals surface area contributed by atoms with Crippen LogP contribution in [0.4, 0.5) is 13.2 Å². The second kappa shape index (κ2) is 5.67. The molecule has 1 aromatic carbocycles. The van der Waals surface area contributed by atoms with Crippen LogP contribution in [-0.2, 0) is 12.7 Å².